The predicted octanol–water partition coefficient (Wildman–Crippen LogP) is 8.59. The molecule has 0 saturated heterocycles. The van der Waals surface area contributed by atoms with Crippen LogP contribution in [0.5, 0.6) is 0 Å². The fourth-order valence-electron chi connectivity index (χ4n) is 8.70. The summed E-state index contributed by atoms with van der Waals surface area (Å²) in [6.07, 6.45) is 24.6. The van der Waals surface area contributed by atoms with Gasteiger partial charge in [0.25, 0.3) is 0 Å². The summed E-state index contributed by atoms with van der Waals surface area (Å²) in [5, 5.41) is 5.01. The van der Waals surface area contributed by atoms with Gasteiger partial charge >= 0.3 is 0 Å². The van der Waals surface area contributed by atoms with Crippen molar-refractivity contribution in [3.05, 3.63) is 148 Å². The predicted molar refractivity (Wildman–Crippen MR) is 198 cm³/mol. The summed E-state index contributed by atoms with van der Waals surface area (Å²) in [4.78, 5) is 30.8. The van der Waals surface area contributed by atoms with Gasteiger partial charge in [-0.15, -0.1) is 0 Å². The third kappa shape index (κ3) is 4.98. The Labute approximate surface area is 290 Å². The summed E-state index contributed by atoms with van der Waals surface area (Å²) in [6, 6.07) is 19.2. The van der Waals surface area contributed by atoms with Crippen LogP contribution >= 0.6 is 22.6 Å². The van der Waals surface area contributed by atoms with Gasteiger partial charge in [-0.3, -0.25) is 4.79 Å². The molecule has 0 saturated carbocycles. The number of dihydropyridines is 1. The molecule has 3 aromatic rings. The number of carbonyl (C=O) groups excluding carboxylic acids is 2. The van der Waals surface area contributed by atoms with E-state index >= 15 is 0 Å². The Morgan fingerprint density at radius 1 is 0.957 bits per heavy atom. The maximum atomic E-state index is 12.9. The van der Waals surface area contributed by atoms with E-state index in [4.69, 9.17) is 12.8 Å². The maximum absolute atomic E-state index is 12.9. The number of fused-ring (bicyclic) bond motifs is 7. The van der Waals surface area contributed by atoms with Gasteiger partial charge in [0, 0.05) is 39.5 Å². The van der Waals surface area contributed by atoms with Crippen molar-refractivity contribution in [1.82, 2.24) is 10.3 Å². The van der Waals surface area contributed by atoms with Crippen molar-refractivity contribution < 1.29 is 9.59 Å². The lowest BCUT2D eigenvalue weighted by Crippen LogP contribution is -2.38. The minimum absolute atomic E-state index is 0.0798. The quantitative estimate of drug-likeness (QED) is 0.110. The van der Waals surface area contributed by atoms with Gasteiger partial charge in [-0.25, -0.2) is 4.98 Å². The molecule has 4 nitrogen and oxygen atoms in total. The van der Waals surface area contributed by atoms with Crippen LogP contribution in [0.3, 0.4) is 0 Å². The van der Waals surface area contributed by atoms with Crippen molar-refractivity contribution in [1.29, 1.82) is 0 Å². The summed E-state index contributed by atoms with van der Waals surface area (Å²) in [5.41, 5.74) is 9.99. The second kappa shape index (κ2) is 11.9. The standard InChI is InChI=1S/C41H34BIN2O2/c42-36(46)19-21-40(31-16-9-8-14-29(31)39-32(40)24-27-12-7-10-18-35(27)45-39)25-41(22-20-37(43)47)30-15-5-2-4-13-28(30)38-33(41)23-26-11-3-1-6-17-34(26)44-38/h2-4,6-18,23-24,34,44H,1,5,19-22,25H2. The van der Waals surface area contributed by atoms with Gasteiger partial charge in [0.05, 0.1) is 22.9 Å². The van der Waals surface area contributed by atoms with Crippen molar-refractivity contribution in [2.24, 2.45) is 5.41 Å². The van der Waals surface area contributed by atoms with Crippen molar-refractivity contribution in [2.75, 3.05) is 0 Å². The number of halogens is 1. The lowest BCUT2D eigenvalue weighted by atomic mass is 9.58. The first kappa shape index (κ1) is 30.3. The number of rotatable bonds is 8. The van der Waals surface area contributed by atoms with Crippen LogP contribution in [0.2, 0.25) is 0 Å². The van der Waals surface area contributed by atoms with E-state index in [0.717, 1.165) is 46.3 Å². The molecule has 5 aliphatic rings. The van der Waals surface area contributed by atoms with Crippen LogP contribution in [0.15, 0.2) is 137 Å². The molecule has 1 aliphatic heterocycles. The Hall–Kier alpha value is -4.04. The molecule has 0 bridgehead atoms. The molecule has 8 rings (SSSR count). The Balaban J connectivity index is 1.42. The SMILES string of the molecule is [B]C(=O)CCC1(CC2(CCC(=O)I)C3=CCC=CC=C3C3=C2C=C2C=CCC=CC2N3)c2ccccc2-c2nc3ccccc3cc21. The summed E-state index contributed by atoms with van der Waals surface area (Å²) in [5.74, 6) is 0. The minimum atomic E-state index is -0.574. The number of benzene rings is 2. The number of carbonyl (C=O) groups is 2. The van der Waals surface area contributed by atoms with E-state index < -0.39 is 10.8 Å². The summed E-state index contributed by atoms with van der Waals surface area (Å²) in [6.45, 7) is 0. The molecule has 3 unspecified atom stereocenters. The molecule has 2 radical (unpaired) electrons. The first-order chi connectivity index (χ1) is 22.9. The normalized spacial score (nSPS) is 25.0. The number of aromatic nitrogens is 1. The van der Waals surface area contributed by atoms with Gasteiger partial charge in [0.2, 0.25) is 0 Å². The molecular weight excluding hydrogens is 690 g/mol. The maximum Gasteiger partial charge on any atom is 0.192 e. The molecule has 6 heteroatoms. The van der Waals surface area contributed by atoms with Crippen LogP contribution in [0.25, 0.3) is 22.2 Å². The Morgan fingerprint density at radius 2 is 1.79 bits per heavy atom. The molecule has 1 N–H and O–H groups in total. The largest absolute Gasteiger partial charge is 0.374 e. The van der Waals surface area contributed by atoms with Gasteiger partial charge in [-0.1, -0.05) is 97.1 Å². The van der Waals surface area contributed by atoms with E-state index in [1.54, 1.807) is 0 Å². The number of para-hydroxylation sites is 1. The molecule has 0 amide bonds. The van der Waals surface area contributed by atoms with Crippen molar-refractivity contribution in [2.45, 2.75) is 56.4 Å². The van der Waals surface area contributed by atoms with Crippen molar-refractivity contribution in [3.63, 3.8) is 0 Å². The lowest BCUT2D eigenvalue weighted by molar-refractivity contribution is -0.112. The van der Waals surface area contributed by atoms with Crippen LogP contribution in [0.4, 0.5) is 0 Å². The molecule has 0 fully saturated rings. The third-order valence-corrected chi connectivity index (χ3v) is 11.2. The molecule has 2 aromatic carbocycles. The van der Waals surface area contributed by atoms with Gasteiger partial charge < -0.3 is 10.1 Å². The second-order valence-corrected chi connectivity index (χ2v) is 14.5. The smallest absolute Gasteiger partial charge is 0.192 e. The van der Waals surface area contributed by atoms with Gasteiger partial charge in [-0.2, -0.15) is 0 Å². The summed E-state index contributed by atoms with van der Waals surface area (Å²) >= 11 is 1.95. The Bertz CT molecular complexity index is 2080. The first-order valence-electron chi connectivity index (χ1n) is 16.5. The number of hydrogen-bond acceptors (Lipinski definition) is 4. The second-order valence-electron chi connectivity index (χ2n) is 13.3. The molecule has 0 spiro atoms. The highest BCUT2D eigenvalue weighted by Crippen LogP contribution is 2.64. The highest BCUT2D eigenvalue weighted by atomic mass is 127. The third-order valence-electron chi connectivity index (χ3n) is 10.7. The Kier molecular flexibility index (Phi) is 7.67. The van der Waals surface area contributed by atoms with Crippen LogP contribution in [-0.4, -0.2) is 28.3 Å². The van der Waals surface area contributed by atoms with E-state index in [2.05, 4.69) is 109 Å². The van der Waals surface area contributed by atoms with Gasteiger partial charge in [0.1, 0.15) is 0 Å². The zero-order chi connectivity index (χ0) is 32.2. The highest BCUT2D eigenvalue weighted by molar-refractivity contribution is 14.1. The first-order valence-corrected chi connectivity index (χ1v) is 17.6. The van der Waals surface area contributed by atoms with E-state index in [0.29, 0.717) is 25.7 Å². The van der Waals surface area contributed by atoms with E-state index in [1.807, 2.05) is 28.7 Å². The minimum Gasteiger partial charge on any atom is -0.374 e. The fraction of sp³-hybridized carbons (Fsp3) is 0.244. The van der Waals surface area contributed by atoms with Crippen LogP contribution < -0.4 is 5.32 Å². The van der Waals surface area contributed by atoms with Crippen molar-refractivity contribution >= 4 is 50.8 Å². The summed E-state index contributed by atoms with van der Waals surface area (Å²) < 4.78 is 0.145. The molecule has 3 atom stereocenters. The topological polar surface area (TPSA) is 59.1 Å². The number of nitrogens with zero attached hydrogens (tertiary/aromatic N) is 1. The molecule has 47 heavy (non-hydrogen) atoms. The van der Waals surface area contributed by atoms with Crippen LogP contribution in [0.1, 0.15) is 56.1 Å². The Morgan fingerprint density at radius 3 is 2.66 bits per heavy atom. The monoisotopic (exact) mass is 724 g/mol. The van der Waals surface area contributed by atoms with Crippen LogP contribution in [0, 0.1) is 5.41 Å². The molecule has 4 aliphatic carbocycles. The van der Waals surface area contributed by atoms with Gasteiger partial charge in [-0.05, 0) is 101 Å². The number of pyridine rings is 1. The fourth-order valence-corrected chi connectivity index (χ4v) is 8.97. The number of hydrogen-bond donors (Lipinski definition) is 1. The summed E-state index contributed by atoms with van der Waals surface area (Å²) in [7, 11) is 5.95. The van der Waals surface area contributed by atoms with Crippen molar-refractivity contribution in [3.8, 4) is 11.3 Å². The molecule has 1 aromatic heterocycles. The molecule has 230 valence electrons. The number of nitrogens with one attached hydrogen (secondary N) is 1. The zero-order valence-corrected chi connectivity index (χ0v) is 28.3. The molecule has 2 heterocycles. The lowest BCUT2D eigenvalue weighted by Gasteiger charge is -2.44. The van der Waals surface area contributed by atoms with Crippen LogP contribution in [-0.2, 0) is 15.0 Å². The number of allylic oxidation sites excluding steroid dienone is 9. The zero-order valence-electron chi connectivity index (χ0n) is 26.1. The van der Waals surface area contributed by atoms with Gasteiger partial charge in [0.15, 0.2) is 11.6 Å². The highest BCUT2D eigenvalue weighted by Gasteiger charge is 2.55. The van der Waals surface area contributed by atoms with E-state index in [1.165, 1.54) is 27.9 Å². The average molecular weight is 724 g/mol. The van der Waals surface area contributed by atoms with E-state index in [9.17, 15) is 9.59 Å². The van der Waals surface area contributed by atoms with E-state index in [-0.39, 0.29) is 21.9 Å². The molecular formula is C41H34BIN2O2. The average Bonchev–Trinajstić information content (AvgIpc) is 3.27.